The molecule has 1 aliphatic heterocycles. The highest BCUT2D eigenvalue weighted by Gasteiger charge is 2.38. The molecule has 1 aliphatic rings. The van der Waals surface area contributed by atoms with E-state index in [1.54, 1.807) is 7.11 Å². The Kier molecular flexibility index (Phi) is 7.62. The molecule has 0 aromatic heterocycles. The van der Waals surface area contributed by atoms with E-state index < -0.39 is 5.41 Å². The third kappa shape index (κ3) is 4.35. The third-order valence-corrected chi connectivity index (χ3v) is 4.79. The van der Waals surface area contributed by atoms with E-state index in [9.17, 15) is 4.79 Å². The minimum Gasteiger partial charge on any atom is -0.497 e. The summed E-state index contributed by atoms with van der Waals surface area (Å²) in [6.07, 6.45) is 1.35. The Morgan fingerprint density at radius 2 is 2.14 bits per heavy atom. The van der Waals surface area contributed by atoms with Crippen LogP contribution in [0.1, 0.15) is 18.4 Å². The number of halogens is 2. The van der Waals surface area contributed by atoms with Crippen LogP contribution in [0.2, 0.25) is 0 Å². The van der Waals surface area contributed by atoms with Gasteiger partial charge in [0.2, 0.25) is 5.91 Å². The van der Waals surface area contributed by atoms with Crippen molar-refractivity contribution in [3.05, 3.63) is 28.2 Å². The van der Waals surface area contributed by atoms with Gasteiger partial charge in [0.25, 0.3) is 0 Å². The molecule has 7 heteroatoms. The number of hydrogen-bond donors (Lipinski definition) is 2. The van der Waals surface area contributed by atoms with Crippen LogP contribution in [0, 0.1) is 5.41 Å². The lowest BCUT2D eigenvalue weighted by Crippen LogP contribution is -2.49. The summed E-state index contributed by atoms with van der Waals surface area (Å²) < 4.78 is 11.5. The predicted octanol–water partition coefficient (Wildman–Crippen LogP) is 2.25. The number of ether oxygens (including phenoxy) is 2. The fourth-order valence-electron chi connectivity index (χ4n) is 2.46. The zero-order valence-corrected chi connectivity index (χ0v) is 15.0. The van der Waals surface area contributed by atoms with Gasteiger partial charge >= 0.3 is 0 Å². The summed E-state index contributed by atoms with van der Waals surface area (Å²) in [5.74, 6) is 0.769. The maximum atomic E-state index is 12.5. The number of hydrogen-bond acceptors (Lipinski definition) is 4. The van der Waals surface area contributed by atoms with Gasteiger partial charge in [-0.15, -0.1) is 12.4 Å². The molecule has 0 aliphatic carbocycles. The molecule has 1 amide bonds. The summed E-state index contributed by atoms with van der Waals surface area (Å²) in [4.78, 5) is 12.5. The van der Waals surface area contributed by atoms with Crippen molar-refractivity contribution >= 4 is 34.2 Å². The molecule has 0 bridgehead atoms. The highest BCUT2D eigenvalue weighted by atomic mass is 79.9. The number of nitrogens with one attached hydrogen (secondary N) is 1. The molecule has 0 atom stereocenters. The number of carbonyl (C=O) groups excluding carboxylic acids is 1. The van der Waals surface area contributed by atoms with Crippen molar-refractivity contribution in [2.45, 2.75) is 19.4 Å². The highest BCUT2D eigenvalue weighted by Crippen LogP contribution is 2.30. The monoisotopic (exact) mass is 392 g/mol. The van der Waals surface area contributed by atoms with Gasteiger partial charge in [0, 0.05) is 30.8 Å². The zero-order valence-electron chi connectivity index (χ0n) is 12.6. The number of benzene rings is 1. The van der Waals surface area contributed by atoms with Crippen molar-refractivity contribution in [2.24, 2.45) is 11.1 Å². The lowest BCUT2D eigenvalue weighted by Gasteiger charge is -2.34. The number of amides is 1. The van der Waals surface area contributed by atoms with Gasteiger partial charge in [-0.1, -0.05) is 15.9 Å². The van der Waals surface area contributed by atoms with Gasteiger partial charge < -0.3 is 20.5 Å². The van der Waals surface area contributed by atoms with Gasteiger partial charge in [-0.2, -0.15) is 0 Å². The van der Waals surface area contributed by atoms with Gasteiger partial charge in [-0.05, 0) is 36.6 Å². The Labute approximate surface area is 145 Å². The summed E-state index contributed by atoms with van der Waals surface area (Å²) in [7, 11) is 1.62. The van der Waals surface area contributed by atoms with Gasteiger partial charge in [-0.25, -0.2) is 0 Å². The molecule has 0 spiro atoms. The summed E-state index contributed by atoms with van der Waals surface area (Å²) in [6.45, 7) is 1.97. The van der Waals surface area contributed by atoms with E-state index in [-0.39, 0.29) is 18.3 Å². The first kappa shape index (κ1) is 19.2. The summed E-state index contributed by atoms with van der Waals surface area (Å²) >= 11 is 3.48. The van der Waals surface area contributed by atoms with E-state index in [0.29, 0.717) is 39.1 Å². The van der Waals surface area contributed by atoms with Crippen LogP contribution in [0.3, 0.4) is 0 Å². The quantitative estimate of drug-likeness (QED) is 0.805. The third-order valence-electron chi connectivity index (χ3n) is 4.01. The molecular weight excluding hydrogens is 372 g/mol. The second-order valence-electron chi connectivity index (χ2n) is 5.24. The standard InChI is InChI=1S/C15H21BrN2O3.ClH/c1-20-12-2-3-13(16)11(8-12)9-18-14(19)15(10-17)4-6-21-7-5-15;/h2-3,8H,4-7,9-10,17H2,1H3,(H,18,19);1H. The molecular formula is C15H22BrClN2O3. The number of rotatable bonds is 5. The fourth-order valence-corrected chi connectivity index (χ4v) is 2.85. The van der Waals surface area contributed by atoms with E-state index in [4.69, 9.17) is 15.2 Å². The van der Waals surface area contributed by atoms with Crippen molar-refractivity contribution in [1.82, 2.24) is 5.32 Å². The maximum absolute atomic E-state index is 12.5. The number of methoxy groups -OCH3 is 1. The zero-order chi connectivity index (χ0) is 15.3. The SMILES string of the molecule is COc1ccc(Br)c(CNC(=O)C2(CN)CCOCC2)c1.Cl. The van der Waals surface area contributed by atoms with E-state index in [2.05, 4.69) is 21.2 Å². The first-order valence-electron chi connectivity index (χ1n) is 7.00. The van der Waals surface area contributed by atoms with Crippen LogP contribution >= 0.6 is 28.3 Å². The minimum absolute atomic E-state index is 0. The average molecular weight is 394 g/mol. The molecule has 1 aromatic rings. The molecule has 5 nitrogen and oxygen atoms in total. The molecule has 3 N–H and O–H groups in total. The topological polar surface area (TPSA) is 73.6 Å². The van der Waals surface area contributed by atoms with Crippen LogP contribution in [0.4, 0.5) is 0 Å². The highest BCUT2D eigenvalue weighted by molar-refractivity contribution is 9.10. The second kappa shape index (κ2) is 8.72. The normalized spacial score (nSPS) is 16.5. The molecule has 2 rings (SSSR count). The van der Waals surface area contributed by atoms with Crippen LogP contribution in [0.5, 0.6) is 5.75 Å². The van der Waals surface area contributed by atoms with E-state index in [0.717, 1.165) is 15.8 Å². The molecule has 1 aromatic carbocycles. The van der Waals surface area contributed by atoms with E-state index in [1.165, 1.54) is 0 Å². The number of carbonyl (C=O) groups is 1. The Morgan fingerprint density at radius 1 is 1.45 bits per heavy atom. The molecule has 0 saturated carbocycles. The Hall–Kier alpha value is -0.820. The van der Waals surface area contributed by atoms with E-state index in [1.807, 2.05) is 18.2 Å². The largest absolute Gasteiger partial charge is 0.497 e. The predicted molar refractivity (Wildman–Crippen MR) is 91.3 cm³/mol. The molecule has 22 heavy (non-hydrogen) atoms. The first-order chi connectivity index (χ1) is 10.1. The molecule has 1 heterocycles. The van der Waals surface area contributed by atoms with Crippen molar-refractivity contribution < 1.29 is 14.3 Å². The van der Waals surface area contributed by atoms with Gasteiger partial charge in [0.1, 0.15) is 5.75 Å². The summed E-state index contributed by atoms with van der Waals surface area (Å²) in [5, 5.41) is 2.99. The van der Waals surface area contributed by atoms with Crippen molar-refractivity contribution in [2.75, 3.05) is 26.9 Å². The molecule has 0 radical (unpaired) electrons. The lowest BCUT2D eigenvalue weighted by atomic mass is 9.79. The smallest absolute Gasteiger partial charge is 0.227 e. The van der Waals surface area contributed by atoms with Crippen molar-refractivity contribution in [3.8, 4) is 5.75 Å². The lowest BCUT2D eigenvalue weighted by molar-refractivity contribution is -0.136. The molecule has 1 saturated heterocycles. The van der Waals surface area contributed by atoms with Crippen LogP contribution in [-0.2, 0) is 16.1 Å². The van der Waals surface area contributed by atoms with Crippen LogP contribution in [-0.4, -0.2) is 32.8 Å². The average Bonchev–Trinajstić information content (AvgIpc) is 2.54. The number of nitrogens with two attached hydrogens (primary N) is 1. The van der Waals surface area contributed by atoms with E-state index >= 15 is 0 Å². The second-order valence-corrected chi connectivity index (χ2v) is 6.09. The van der Waals surface area contributed by atoms with Crippen LogP contribution in [0.15, 0.2) is 22.7 Å². The Morgan fingerprint density at radius 3 is 2.73 bits per heavy atom. The molecule has 1 fully saturated rings. The fraction of sp³-hybridized carbons (Fsp3) is 0.533. The van der Waals surface area contributed by atoms with Gasteiger partial charge in [-0.3, -0.25) is 4.79 Å². The molecule has 0 unspecified atom stereocenters. The summed E-state index contributed by atoms with van der Waals surface area (Å²) in [5.41, 5.74) is 6.32. The van der Waals surface area contributed by atoms with Crippen LogP contribution in [0.25, 0.3) is 0 Å². The summed E-state index contributed by atoms with van der Waals surface area (Å²) in [6, 6.07) is 5.69. The van der Waals surface area contributed by atoms with Crippen LogP contribution < -0.4 is 15.8 Å². The van der Waals surface area contributed by atoms with Gasteiger partial charge in [0.05, 0.1) is 12.5 Å². The first-order valence-corrected chi connectivity index (χ1v) is 7.79. The van der Waals surface area contributed by atoms with Gasteiger partial charge in [0.15, 0.2) is 0 Å². The maximum Gasteiger partial charge on any atom is 0.227 e. The minimum atomic E-state index is -0.496. The Bertz CT molecular complexity index is 508. The van der Waals surface area contributed by atoms with Crippen molar-refractivity contribution in [1.29, 1.82) is 0 Å². The van der Waals surface area contributed by atoms with Crippen molar-refractivity contribution in [3.63, 3.8) is 0 Å². The Balaban J connectivity index is 0.00000242. The molecule has 124 valence electrons.